The Bertz CT molecular complexity index is 373. The van der Waals surface area contributed by atoms with E-state index in [1.165, 1.54) is 5.56 Å². The first kappa shape index (κ1) is 17.6. The van der Waals surface area contributed by atoms with Gasteiger partial charge in [-0.1, -0.05) is 35.0 Å². The number of hydrogen-bond donors (Lipinski definition) is 1. The molecule has 0 aromatic heterocycles. The van der Waals surface area contributed by atoms with E-state index in [1.807, 2.05) is 19.1 Å². The third-order valence-corrected chi connectivity index (χ3v) is 3.42. The molecule has 0 amide bonds. The molecule has 0 bridgehead atoms. The highest BCUT2D eigenvalue weighted by atomic mass is 79.9. The number of hydrogen-bond acceptors (Lipinski definition) is 3. The van der Waals surface area contributed by atoms with E-state index < -0.39 is 0 Å². The minimum absolute atomic E-state index is 0.0505. The topological polar surface area (TPSA) is 30.5 Å². The van der Waals surface area contributed by atoms with Gasteiger partial charge in [0.05, 0.1) is 18.8 Å². The first-order valence-corrected chi connectivity index (χ1v) is 8.16. The fourth-order valence-electron chi connectivity index (χ4n) is 1.96. The molecule has 0 saturated heterocycles. The van der Waals surface area contributed by atoms with E-state index in [-0.39, 0.29) is 12.2 Å². The van der Waals surface area contributed by atoms with Gasteiger partial charge in [-0.3, -0.25) is 0 Å². The van der Waals surface area contributed by atoms with Crippen molar-refractivity contribution < 1.29 is 9.47 Å². The molecule has 1 N–H and O–H groups in total. The Balaban J connectivity index is 2.64. The molecule has 1 aromatic rings. The lowest BCUT2D eigenvalue weighted by Crippen LogP contribution is -2.28. The Morgan fingerprint density at radius 2 is 2.10 bits per heavy atom. The number of rotatable bonds is 10. The molecular weight excluding hydrogens is 318 g/mol. The standard InChI is InChI=1S/C16H26BrNO2/c1-4-9-18-11-16(20-13(3)12-19-5-2)14-7-6-8-15(17)10-14/h6-8,10,13,16,18H,4-5,9,11-12H2,1-3H3. The third-order valence-electron chi connectivity index (χ3n) is 2.93. The maximum Gasteiger partial charge on any atom is 0.0954 e. The van der Waals surface area contributed by atoms with E-state index in [0.29, 0.717) is 6.61 Å². The van der Waals surface area contributed by atoms with Crippen LogP contribution in [0.15, 0.2) is 28.7 Å². The smallest absolute Gasteiger partial charge is 0.0954 e. The second kappa shape index (κ2) is 10.3. The fraction of sp³-hybridized carbons (Fsp3) is 0.625. The molecule has 0 aliphatic rings. The molecule has 0 radical (unpaired) electrons. The summed E-state index contributed by atoms with van der Waals surface area (Å²) in [5.74, 6) is 0. The van der Waals surface area contributed by atoms with Gasteiger partial charge >= 0.3 is 0 Å². The van der Waals surface area contributed by atoms with Gasteiger partial charge in [-0.25, -0.2) is 0 Å². The highest BCUT2D eigenvalue weighted by Crippen LogP contribution is 2.22. The quantitative estimate of drug-likeness (QED) is 0.653. The molecule has 0 aliphatic carbocycles. The Morgan fingerprint density at radius 1 is 1.30 bits per heavy atom. The second-order valence-electron chi connectivity index (χ2n) is 4.85. The molecule has 114 valence electrons. The largest absolute Gasteiger partial charge is 0.379 e. The maximum absolute atomic E-state index is 6.13. The molecule has 2 atom stereocenters. The number of ether oxygens (including phenoxy) is 2. The Kier molecular flexibility index (Phi) is 9.10. The molecule has 0 heterocycles. The molecular formula is C16H26BrNO2. The van der Waals surface area contributed by atoms with Gasteiger partial charge in [0.1, 0.15) is 0 Å². The Labute approximate surface area is 131 Å². The summed E-state index contributed by atoms with van der Waals surface area (Å²) in [6.07, 6.45) is 1.26. The summed E-state index contributed by atoms with van der Waals surface area (Å²) in [4.78, 5) is 0. The summed E-state index contributed by atoms with van der Waals surface area (Å²) in [7, 11) is 0. The Hall–Kier alpha value is -0.420. The van der Waals surface area contributed by atoms with Gasteiger partial charge in [-0.15, -0.1) is 0 Å². The van der Waals surface area contributed by atoms with Crippen molar-refractivity contribution in [2.45, 2.75) is 39.4 Å². The summed E-state index contributed by atoms with van der Waals surface area (Å²) in [6.45, 7) is 9.41. The van der Waals surface area contributed by atoms with Crippen molar-refractivity contribution in [3.05, 3.63) is 34.3 Å². The predicted octanol–water partition coefficient (Wildman–Crippen LogP) is 3.93. The van der Waals surface area contributed by atoms with E-state index in [9.17, 15) is 0 Å². The number of nitrogens with one attached hydrogen (secondary N) is 1. The van der Waals surface area contributed by atoms with Crippen molar-refractivity contribution >= 4 is 15.9 Å². The van der Waals surface area contributed by atoms with Crippen LogP contribution in [0.1, 0.15) is 38.9 Å². The van der Waals surface area contributed by atoms with E-state index >= 15 is 0 Å². The second-order valence-corrected chi connectivity index (χ2v) is 5.77. The molecule has 20 heavy (non-hydrogen) atoms. The maximum atomic E-state index is 6.13. The van der Waals surface area contributed by atoms with Crippen LogP contribution in [0, 0.1) is 0 Å². The summed E-state index contributed by atoms with van der Waals surface area (Å²) >= 11 is 3.52. The summed E-state index contributed by atoms with van der Waals surface area (Å²) in [5.41, 5.74) is 1.19. The van der Waals surface area contributed by atoms with Gasteiger partial charge < -0.3 is 14.8 Å². The lowest BCUT2D eigenvalue weighted by atomic mass is 10.1. The SMILES string of the molecule is CCCNCC(OC(C)COCC)c1cccc(Br)c1. The monoisotopic (exact) mass is 343 g/mol. The highest BCUT2D eigenvalue weighted by molar-refractivity contribution is 9.10. The molecule has 2 unspecified atom stereocenters. The van der Waals surface area contributed by atoms with Gasteiger partial charge in [0.25, 0.3) is 0 Å². The first-order valence-electron chi connectivity index (χ1n) is 7.36. The number of halogens is 1. The van der Waals surface area contributed by atoms with Gasteiger partial charge in [-0.05, 0) is 44.5 Å². The lowest BCUT2D eigenvalue weighted by Gasteiger charge is -2.23. The Morgan fingerprint density at radius 3 is 2.75 bits per heavy atom. The van der Waals surface area contributed by atoms with Crippen molar-refractivity contribution in [2.75, 3.05) is 26.3 Å². The van der Waals surface area contributed by atoms with Crippen LogP contribution in [0.5, 0.6) is 0 Å². The van der Waals surface area contributed by atoms with Crippen LogP contribution < -0.4 is 5.32 Å². The summed E-state index contributed by atoms with van der Waals surface area (Å²) in [5, 5.41) is 3.43. The zero-order valence-corrected chi connectivity index (χ0v) is 14.3. The molecule has 0 saturated carbocycles. The van der Waals surface area contributed by atoms with E-state index in [4.69, 9.17) is 9.47 Å². The normalized spacial score (nSPS) is 14.2. The van der Waals surface area contributed by atoms with E-state index in [2.05, 4.69) is 47.2 Å². The van der Waals surface area contributed by atoms with Crippen molar-refractivity contribution in [3.63, 3.8) is 0 Å². The van der Waals surface area contributed by atoms with Crippen LogP contribution in [-0.2, 0) is 9.47 Å². The van der Waals surface area contributed by atoms with E-state index in [1.54, 1.807) is 0 Å². The molecule has 0 spiro atoms. The van der Waals surface area contributed by atoms with Crippen LogP contribution >= 0.6 is 15.9 Å². The van der Waals surface area contributed by atoms with Crippen molar-refractivity contribution in [2.24, 2.45) is 0 Å². The predicted molar refractivity (Wildman–Crippen MR) is 87.1 cm³/mol. The zero-order valence-electron chi connectivity index (χ0n) is 12.7. The summed E-state index contributed by atoms with van der Waals surface area (Å²) < 4.78 is 12.6. The molecule has 0 aliphatic heterocycles. The van der Waals surface area contributed by atoms with Crippen molar-refractivity contribution in [1.29, 1.82) is 0 Å². The lowest BCUT2D eigenvalue weighted by molar-refractivity contribution is -0.0469. The highest BCUT2D eigenvalue weighted by Gasteiger charge is 2.15. The molecule has 1 rings (SSSR count). The fourth-order valence-corrected chi connectivity index (χ4v) is 2.38. The van der Waals surface area contributed by atoms with Gasteiger partial charge in [0, 0.05) is 17.6 Å². The average Bonchev–Trinajstić information content (AvgIpc) is 2.44. The van der Waals surface area contributed by atoms with Crippen LogP contribution in [0.4, 0.5) is 0 Å². The summed E-state index contributed by atoms with van der Waals surface area (Å²) in [6, 6.07) is 8.30. The molecule has 0 fully saturated rings. The molecule has 3 nitrogen and oxygen atoms in total. The average molecular weight is 344 g/mol. The van der Waals surface area contributed by atoms with E-state index in [0.717, 1.165) is 30.6 Å². The van der Waals surface area contributed by atoms with Crippen molar-refractivity contribution in [1.82, 2.24) is 5.32 Å². The van der Waals surface area contributed by atoms with Crippen LogP contribution in [0.2, 0.25) is 0 Å². The zero-order chi connectivity index (χ0) is 14.8. The third kappa shape index (κ3) is 6.84. The van der Waals surface area contributed by atoms with Gasteiger partial charge in [-0.2, -0.15) is 0 Å². The van der Waals surface area contributed by atoms with Crippen molar-refractivity contribution in [3.8, 4) is 0 Å². The minimum Gasteiger partial charge on any atom is -0.379 e. The number of benzene rings is 1. The van der Waals surface area contributed by atoms with Crippen LogP contribution in [0.25, 0.3) is 0 Å². The first-order chi connectivity index (χ1) is 9.67. The van der Waals surface area contributed by atoms with Crippen LogP contribution in [0.3, 0.4) is 0 Å². The minimum atomic E-state index is 0.0505. The molecule has 4 heteroatoms. The molecule has 1 aromatic carbocycles. The van der Waals surface area contributed by atoms with Gasteiger partial charge in [0.2, 0.25) is 0 Å². The van der Waals surface area contributed by atoms with Gasteiger partial charge in [0.15, 0.2) is 0 Å². The van der Waals surface area contributed by atoms with Crippen LogP contribution in [-0.4, -0.2) is 32.4 Å².